The first-order valence-corrected chi connectivity index (χ1v) is 4.41. The van der Waals surface area contributed by atoms with Crippen molar-refractivity contribution in [3.63, 3.8) is 0 Å². The van der Waals surface area contributed by atoms with E-state index >= 15 is 0 Å². The molecule has 0 aliphatic carbocycles. The van der Waals surface area contributed by atoms with Gasteiger partial charge in [0, 0.05) is 6.54 Å². The van der Waals surface area contributed by atoms with Crippen LogP contribution in [-0.2, 0) is 6.54 Å². The van der Waals surface area contributed by atoms with Crippen molar-refractivity contribution in [3.05, 3.63) is 22.2 Å². The predicted octanol–water partition coefficient (Wildman–Crippen LogP) is 1.84. The van der Waals surface area contributed by atoms with Crippen LogP contribution in [0.3, 0.4) is 0 Å². The fourth-order valence-electron chi connectivity index (χ4n) is 1.23. The van der Waals surface area contributed by atoms with Crippen molar-refractivity contribution in [1.82, 2.24) is 5.48 Å². The number of methoxy groups -OCH3 is 1. The van der Waals surface area contributed by atoms with Crippen LogP contribution in [0.5, 0.6) is 11.5 Å². The van der Waals surface area contributed by atoms with Crippen LogP contribution in [-0.4, -0.2) is 17.4 Å². The van der Waals surface area contributed by atoms with Gasteiger partial charge in [0.25, 0.3) is 0 Å². The number of rotatable bonds is 3. The third-order valence-corrected chi connectivity index (χ3v) is 2.41. The first-order valence-electron chi connectivity index (χ1n) is 4.03. The fraction of sp³-hybridized carbons (Fsp3) is 0.333. The zero-order chi connectivity index (χ0) is 10.7. The maximum atomic E-state index is 9.56. The van der Waals surface area contributed by atoms with Gasteiger partial charge in [-0.05, 0) is 24.1 Å². The molecule has 0 heterocycles. The Kier molecular flexibility index (Phi) is 3.57. The highest BCUT2D eigenvalue weighted by atomic mass is 35.5. The van der Waals surface area contributed by atoms with Gasteiger partial charge in [0.15, 0.2) is 11.5 Å². The molecule has 0 unspecified atom stereocenters. The second kappa shape index (κ2) is 4.50. The molecule has 0 spiro atoms. The number of hydrogen-bond donors (Lipinski definition) is 3. The second-order valence-corrected chi connectivity index (χ2v) is 3.25. The highest BCUT2D eigenvalue weighted by molar-refractivity contribution is 6.33. The van der Waals surface area contributed by atoms with Gasteiger partial charge in [-0.25, -0.2) is 5.48 Å². The molecule has 0 atom stereocenters. The van der Waals surface area contributed by atoms with Crippen molar-refractivity contribution in [2.75, 3.05) is 7.11 Å². The van der Waals surface area contributed by atoms with Gasteiger partial charge >= 0.3 is 0 Å². The predicted molar refractivity (Wildman–Crippen MR) is 53.0 cm³/mol. The van der Waals surface area contributed by atoms with E-state index in [4.69, 9.17) is 21.5 Å². The number of nitrogens with one attached hydrogen (secondary N) is 1. The third kappa shape index (κ3) is 1.92. The summed E-state index contributed by atoms with van der Waals surface area (Å²) in [4.78, 5) is 0. The highest BCUT2D eigenvalue weighted by Crippen LogP contribution is 2.38. The topological polar surface area (TPSA) is 61.7 Å². The first kappa shape index (κ1) is 11.1. The number of benzene rings is 1. The van der Waals surface area contributed by atoms with Gasteiger partial charge in [0.05, 0.1) is 12.1 Å². The molecule has 1 aromatic rings. The van der Waals surface area contributed by atoms with Crippen LogP contribution in [0.15, 0.2) is 6.07 Å². The Balaban J connectivity index is 3.26. The molecule has 4 nitrogen and oxygen atoms in total. The number of aryl methyl sites for hydroxylation is 1. The van der Waals surface area contributed by atoms with E-state index < -0.39 is 0 Å². The summed E-state index contributed by atoms with van der Waals surface area (Å²) < 4.78 is 4.92. The van der Waals surface area contributed by atoms with Gasteiger partial charge in [-0.3, -0.25) is 0 Å². The average Bonchev–Trinajstić information content (AvgIpc) is 2.18. The standard InChI is InChI=1S/C9H12ClNO3/c1-5-3-7(14-2)9(12)8(10)6(5)4-11-13/h3,11-13H,4H2,1-2H3. The van der Waals surface area contributed by atoms with Gasteiger partial charge in [-0.2, -0.15) is 0 Å². The lowest BCUT2D eigenvalue weighted by molar-refractivity contribution is 0.161. The zero-order valence-electron chi connectivity index (χ0n) is 7.97. The summed E-state index contributed by atoms with van der Waals surface area (Å²) in [5.74, 6) is 0.221. The number of phenolic OH excluding ortho intramolecular Hbond substituents is 1. The molecule has 0 bridgehead atoms. The Morgan fingerprint density at radius 1 is 1.57 bits per heavy atom. The maximum absolute atomic E-state index is 9.56. The van der Waals surface area contributed by atoms with Crippen molar-refractivity contribution < 1.29 is 15.1 Å². The van der Waals surface area contributed by atoms with Gasteiger partial charge in [0.1, 0.15) is 0 Å². The minimum absolute atomic E-state index is 0.106. The summed E-state index contributed by atoms with van der Waals surface area (Å²) >= 11 is 5.88. The molecule has 78 valence electrons. The minimum atomic E-state index is -0.106. The van der Waals surface area contributed by atoms with Crippen LogP contribution >= 0.6 is 11.6 Å². The molecule has 0 aliphatic rings. The lowest BCUT2D eigenvalue weighted by Gasteiger charge is -2.12. The first-order chi connectivity index (χ1) is 6.61. The quantitative estimate of drug-likeness (QED) is 0.677. The van der Waals surface area contributed by atoms with Crippen LogP contribution in [0.1, 0.15) is 11.1 Å². The normalized spacial score (nSPS) is 10.3. The number of aromatic hydroxyl groups is 1. The SMILES string of the molecule is COc1cc(C)c(CNO)c(Cl)c1O. The molecule has 0 saturated heterocycles. The summed E-state index contributed by atoms with van der Waals surface area (Å²) in [6, 6.07) is 1.66. The van der Waals surface area contributed by atoms with E-state index in [1.165, 1.54) is 7.11 Å². The van der Waals surface area contributed by atoms with E-state index in [9.17, 15) is 5.11 Å². The van der Waals surface area contributed by atoms with E-state index in [1.807, 2.05) is 12.4 Å². The van der Waals surface area contributed by atoms with Crippen LogP contribution in [0.2, 0.25) is 5.02 Å². The lowest BCUT2D eigenvalue weighted by Crippen LogP contribution is -2.08. The van der Waals surface area contributed by atoms with E-state index in [1.54, 1.807) is 6.07 Å². The van der Waals surface area contributed by atoms with Crippen molar-refractivity contribution >= 4 is 11.6 Å². The number of hydrogen-bond acceptors (Lipinski definition) is 4. The molecular weight excluding hydrogens is 206 g/mol. The largest absolute Gasteiger partial charge is 0.503 e. The Morgan fingerprint density at radius 2 is 2.21 bits per heavy atom. The maximum Gasteiger partial charge on any atom is 0.177 e. The van der Waals surface area contributed by atoms with Crippen molar-refractivity contribution in [1.29, 1.82) is 0 Å². The second-order valence-electron chi connectivity index (χ2n) is 2.87. The minimum Gasteiger partial charge on any atom is -0.503 e. The molecule has 0 fully saturated rings. The Hall–Kier alpha value is -0.970. The molecule has 1 rings (SSSR count). The van der Waals surface area contributed by atoms with Crippen molar-refractivity contribution in [3.8, 4) is 11.5 Å². The van der Waals surface area contributed by atoms with Gasteiger partial charge in [0.2, 0.25) is 0 Å². The monoisotopic (exact) mass is 217 g/mol. The number of phenols is 1. The summed E-state index contributed by atoms with van der Waals surface area (Å²) in [7, 11) is 1.45. The molecule has 14 heavy (non-hydrogen) atoms. The van der Waals surface area contributed by atoms with Crippen LogP contribution in [0.4, 0.5) is 0 Å². The van der Waals surface area contributed by atoms with Crippen molar-refractivity contribution in [2.45, 2.75) is 13.5 Å². The van der Waals surface area contributed by atoms with Crippen molar-refractivity contribution in [2.24, 2.45) is 0 Å². The molecular formula is C9H12ClNO3. The molecule has 0 radical (unpaired) electrons. The molecule has 0 aromatic heterocycles. The van der Waals surface area contributed by atoms with Gasteiger partial charge < -0.3 is 15.1 Å². The highest BCUT2D eigenvalue weighted by Gasteiger charge is 2.13. The van der Waals surface area contributed by atoms with E-state index in [-0.39, 0.29) is 17.3 Å². The summed E-state index contributed by atoms with van der Waals surface area (Å²) in [5, 5.41) is 18.3. The lowest BCUT2D eigenvalue weighted by atomic mass is 10.1. The molecule has 0 amide bonds. The van der Waals surface area contributed by atoms with E-state index in [0.717, 1.165) is 5.56 Å². The van der Waals surface area contributed by atoms with Gasteiger partial charge in [-0.15, -0.1) is 0 Å². The number of hydroxylamine groups is 1. The van der Waals surface area contributed by atoms with Gasteiger partial charge in [-0.1, -0.05) is 11.6 Å². The fourth-order valence-corrected chi connectivity index (χ4v) is 1.54. The molecule has 3 N–H and O–H groups in total. The molecule has 0 aliphatic heterocycles. The summed E-state index contributed by atoms with van der Waals surface area (Å²) in [6.07, 6.45) is 0. The number of ether oxygens (including phenoxy) is 1. The van der Waals surface area contributed by atoms with E-state index in [2.05, 4.69) is 0 Å². The van der Waals surface area contributed by atoms with E-state index in [0.29, 0.717) is 11.3 Å². The van der Waals surface area contributed by atoms with Crippen LogP contribution < -0.4 is 10.2 Å². The number of halogens is 1. The Labute approximate surface area is 87.0 Å². The summed E-state index contributed by atoms with van der Waals surface area (Å²) in [6.45, 7) is 2.00. The molecule has 0 saturated carbocycles. The average molecular weight is 218 g/mol. The van der Waals surface area contributed by atoms with Crippen LogP contribution in [0.25, 0.3) is 0 Å². The Morgan fingerprint density at radius 3 is 2.71 bits per heavy atom. The Bertz CT molecular complexity index is 341. The third-order valence-electron chi connectivity index (χ3n) is 2.01. The molecule has 5 heteroatoms. The molecule has 1 aromatic carbocycles. The zero-order valence-corrected chi connectivity index (χ0v) is 8.72. The summed E-state index contributed by atoms with van der Waals surface area (Å²) in [5.41, 5.74) is 3.48. The smallest absolute Gasteiger partial charge is 0.177 e. The van der Waals surface area contributed by atoms with Crippen LogP contribution in [0, 0.1) is 6.92 Å².